The van der Waals surface area contributed by atoms with E-state index in [0.29, 0.717) is 27.5 Å². The van der Waals surface area contributed by atoms with E-state index in [1.807, 2.05) is 12.1 Å². The van der Waals surface area contributed by atoms with Crippen molar-refractivity contribution < 1.29 is 9.53 Å². The first-order valence-corrected chi connectivity index (χ1v) is 7.05. The van der Waals surface area contributed by atoms with Crippen molar-refractivity contribution >= 4 is 34.1 Å². The number of para-hydroxylation sites is 1. The van der Waals surface area contributed by atoms with Crippen LogP contribution in [-0.2, 0) is 0 Å². The molecule has 0 fully saturated rings. The third-order valence-corrected chi connectivity index (χ3v) is 3.63. The Kier molecular flexibility index (Phi) is 3.94. The SMILES string of the molecule is COc1ccc(C(=O)Nc2ccnc3c(Cl)cccc23)cc1. The van der Waals surface area contributed by atoms with Gasteiger partial charge in [0.2, 0.25) is 0 Å². The van der Waals surface area contributed by atoms with Crippen LogP contribution in [0.5, 0.6) is 5.75 Å². The summed E-state index contributed by atoms with van der Waals surface area (Å²) < 4.78 is 5.08. The average Bonchev–Trinajstić information content (AvgIpc) is 2.56. The molecule has 3 rings (SSSR count). The summed E-state index contributed by atoms with van der Waals surface area (Å²) in [5.74, 6) is 0.507. The quantitative estimate of drug-likeness (QED) is 0.790. The normalized spacial score (nSPS) is 10.5. The highest BCUT2D eigenvalue weighted by atomic mass is 35.5. The molecule has 4 nitrogen and oxygen atoms in total. The van der Waals surface area contributed by atoms with Crippen molar-refractivity contribution in [3.8, 4) is 5.75 Å². The number of amides is 1. The number of carbonyl (C=O) groups is 1. The van der Waals surface area contributed by atoms with E-state index < -0.39 is 0 Å². The number of nitrogens with one attached hydrogen (secondary N) is 1. The van der Waals surface area contributed by atoms with E-state index in [0.717, 1.165) is 5.39 Å². The molecule has 1 heterocycles. The van der Waals surface area contributed by atoms with Crippen LogP contribution in [0.4, 0.5) is 5.69 Å². The first-order chi connectivity index (χ1) is 10.7. The number of methoxy groups -OCH3 is 1. The van der Waals surface area contributed by atoms with Gasteiger partial charge in [0, 0.05) is 17.1 Å². The molecule has 0 aliphatic heterocycles. The highest BCUT2D eigenvalue weighted by Crippen LogP contribution is 2.27. The molecule has 0 saturated heterocycles. The second kappa shape index (κ2) is 6.03. The molecule has 22 heavy (non-hydrogen) atoms. The minimum Gasteiger partial charge on any atom is -0.497 e. The molecule has 2 aromatic carbocycles. The summed E-state index contributed by atoms with van der Waals surface area (Å²) >= 11 is 6.13. The minimum atomic E-state index is -0.199. The lowest BCUT2D eigenvalue weighted by atomic mass is 10.1. The van der Waals surface area contributed by atoms with Gasteiger partial charge < -0.3 is 10.1 Å². The zero-order valence-corrected chi connectivity index (χ0v) is 12.6. The van der Waals surface area contributed by atoms with E-state index in [1.54, 1.807) is 49.7 Å². The fraction of sp³-hybridized carbons (Fsp3) is 0.0588. The molecule has 0 aliphatic rings. The van der Waals surface area contributed by atoms with Gasteiger partial charge in [-0.2, -0.15) is 0 Å². The van der Waals surface area contributed by atoms with Crippen molar-refractivity contribution in [2.75, 3.05) is 12.4 Å². The molecule has 3 aromatic rings. The number of aromatic nitrogens is 1. The van der Waals surface area contributed by atoms with Crippen molar-refractivity contribution in [1.82, 2.24) is 4.98 Å². The summed E-state index contributed by atoms with van der Waals surface area (Å²) in [6, 6.07) is 14.1. The van der Waals surface area contributed by atoms with Gasteiger partial charge in [-0.15, -0.1) is 0 Å². The molecular weight excluding hydrogens is 300 g/mol. The molecule has 1 aromatic heterocycles. The molecule has 0 radical (unpaired) electrons. The lowest BCUT2D eigenvalue weighted by molar-refractivity contribution is 0.102. The van der Waals surface area contributed by atoms with E-state index in [2.05, 4.69) is 10.3 Å². The fourth-order valence-corrected chi connectivity index (χ4v) is 2.41. The van der Waals surface area contributed by atoms with Gasteiger partial charge >= 0.3 is 0 Å². The number of fused-ring (bicyclic) bond motifs is 1. The van der Waals surface area contributed by atoms with E-state index in [1.165, 1.54) is 0 Å². The van der Waals surface area contributed by atoms with Crippen LogP contribution in [0.1, 0.15) is 10.4 Å². The largest absolute Gasteiger partial charge is 0.497 e. The number of rotatable bonds is 3. The number of anilines is 1. The Hall–Kier alpha value is -2.59. The van der Waals surface area contributed by atoms with Crippen LogP contribution >= 0.6 is 11.6 Å². The number of hydrogen-bond acceptors (Lipinski definition) is 3. The van der Waals surface area contributed by atoms with Crippen LogP contribution in [0.2, 0.25) is 5.02 Å². The summed E-state index contributed by atoms with van der Waals surface area (Å²) in [5, 5.41) is 4.24. The fourth-order valence-electron chi connectivity index (χ4n) is 2.19. The highest BCUT2D eigenvalue weighted by Gasteiger charge is 2.10. The second-order valence-corrected chi connectivity index (χ2v) is 5.08. The Morgan fingerprint density at radius 1 is 1.14 bits per heavy atom. The van der Waals surface area contributed by atoms with Crippen molar-refractivity contribution in [1.29, 1.82) is 0 Å². The molecule has 0 atom stereocenters. The average molecular weight is 313 g/mol. The molecule has 0 spiro atoms. The van der Waals surface area contributed by atoms with Crippen molar-refractivity contribution in [3.05, 3.63) is 65.3 Å². The van der Waals surface area contributed by atoms with Crippen LogP contribution in [0, 0.1) is 0 Å². The molecular formula is C17H13ClN2O2. The Bertz CT molecular complexity index is 832. The van der Waals surface area contributed by atoms with Crippen molar-refractivity contribution in [3.63, 3.8) is 0 Å². The lowest BCUT2D eigenvalue weighted by Crippen LogP contribution is -2.12. The molecule has 1 N–H and O–H groups in total. The standard InChI is InChI=1S/C17H13ClN2O2/c1-22-12-7-5-11(6-8-12)17(21)20-15-9-10-19-16-13(15)3-2-4-14(16)18/h2-10H,1H3,(H,19,20,21). The van der Waals surface area contributed by atoms with E-state index in [-0.39, 0.29) is 5.91 Å². The maximum Gasteiger partial charge on any atom is 0.255 e. The second-order valence-electron chi connectivity index (χ2n) is 4.68. The zero-order valence-electron chi connectivity index (χ0n) is 11.8. The number of carbonyl (C=O) groups excluding carboxylic acids is 1. The number of pyridine rings is 1. The van der Waals surface area contributed by atoms with Gasteiger partial charge in [0.1, 0.15) is 5.75 Å². The van der Waals surface area contributed by atoms with Crippen LogP contribution in [-0.4, -0.2) is 18.0 Å². The molecule has 0 saturated carbocycles. The van der Waals surface area contributed by atoms with Gasteiger partial charge in [0.15, 0.2) is 0 Å². The number of nitrogens with zero attached hydrogens (tertiary/aromatic N) is 1. The topological polar surface area (TPSA) is 51.2 Å². The summed E-state index contributed by atoms with van der Waals surface area (Å²) in [6.45, 7) is 0. The third-order valence-electron chi connectivity index (χ3n) is 3.32. The van der Waals surface area contributed by atoms with Crippen LogP contribution in [0.3, 0.4) is 0 Å². The molecule has 5 heteroatoms. The maximum atomic E-state index is 12.3. The van der Waals surface area contributed by atoms with Crippen LogP contribution < -0.4 is 10.1 Å². The van der Waals surface area contributed by atoms with E-state index in [4.69, 9.17) is 16.3 Å². The van der Waals surface area contributed by atoms with Gasteiger partial charge in [0.25, 0.3) is 5.91 Å². The summed E-state index contributed by atoms with van der Waals surface area (Å²) in [6.07, 6.45) is 1.62. The molecule has 0 unspecified atom stereocenters. The molecule has 0 aliphatic carbocycles. The van der Waals surface area contributed by atoms with E-state index in [9.17, 15) is 4.79 Å². The Morgan fingerprint density at radius 3 is 2.64 bits per heavy atom. The minimum absolute atomic E-state index is 0.199. The Balaban J connectivity index is 1.92. The van der Waals surface area contributed by atoms with Crippen LogP contribution in [0.15, 0.2) is 54.7 Å². The predicted octanol–water partition coefficient (Wildman–Crippen LogP) is 4.15. The highest BCUT2D eigenvalue weighted by molar-refractivity contribution is 6.35. The number of halogens is 1. The smallest absolute Gasteiger partial charge is 0.255 e. The van der Waals surface area contributed by atoms with Gasteiger partial charge in [-0.1, -0.05) is 23.7 Å². The van der Waals surface area contributed by atoms with Gasteiger partial charge in [-0.25, -0.2) is 0 Å². The first-order valence-electron chi connectivity index (χ1n) is 6.67. The number of ether oxygens (including phenoxy) is 1. The summed E-state index contributed by atoms with van der Waals surface area (Å²) in [7, 11) is 1.59. The van der Waals surface area contributed by atoms with Crippen molar-refractivity contribution in [2.45, 2.75) is 0 Å². The maximum absolute atomic E-state index is 12.3. The number of benzene rings is 2. The third kappa shape index (κ3) is 2.73. The molecule has 0 bridgehead atoms. The van der Waals surface area contributed by atoms with E-state index >= 15 is 0 Å². The first kappa shape index (κ1) is 14.4. The van der Waals surface area contributed by atoms with Gasteiger partial charge in [0.05, 0.1) is 23.3 Å². The van der Waals surface area contributed by atoms with Crippen molar-refractivity contribution in [2.24, 2.45) is 0 Å². The predicted molar refractivity (Wildman–Crippen MR) is 87.7 cm³/mol. The summed E-state index contributed by atoms with van der Waals surface area (Å²) in [5.41, 5.74) is 1.89. The van der Waals surface area contributed by atoms with Gasteiger partial charge in [-0.05, 0) is 36.4 Å². The zero-order chi connectivity index (χ0) is 15.5. The lowest BCUT2D eigenvalue weighted by Gasteiger charge is -2.09. The van der Waals surface area contributed by atoms with Gasteiger partial charge in [-0.3, -0.25) is 9.78 Å². The number of hydrogen-bond donors (Lipinski definition) is 1. The van der Waals surface area contributed by atoms with Crippen LogP contribution in [0.25, 0.3) is 10.9 Å². The Labute approximate surface area is 132 Å². The monoisotopic (exact) mass is 312 g/mol. The molecule has 1 amide bonds. The summed E-state index contributed by atoms with van der Waals surface area (Å²) in [4.78, 5) is 16.6. The molecule has 110 valence electrons. The Morgan fingerprint density at radius 2 is 1.91 bits per heavy atom.